The average molecular weight is 331 g/mol. The Labute approximate surface area is 125 Å². The van der Waals surface area contributed by atoms with Gasteiger partial charge in [0.15, 0.2) is 0 Å². The number of hydrogen-bond donors (Lipinski definition) is 1. The molecule has 0 radical (unpaired) electrons. The summed E-state index contributed by atoms with van der Waals surface area (Å²) in [6.07, 6.45) is 0.969. The number of likely N-dealkylation sites (N-methyl/N-ethyl adjacent to an activating group) is 1. The number of nitrogens with one attached hydrogen (secondary N) is 1. The zero-order valence-corrected chi connectivity index (χ0v) is 14.4. The molecule has 0 amide bonds. The van der Waals surface area contributed by atoms with Gasteiger partial charge in [-0.1, -0.05) is 6.92 Å². The molecule has 1 rings (SSSR count). The van der Waals surface area contributed by atoms with Crippen molar-refractivity contribution in [1.29, 1.82) is 0 Å². The fourth-order valence-corrected chi connectivity index (χ4v) is 2.61. The number of aromatic nitrogens is 2. The van der Waals surface area contributed by atoms with Crippen molar-refractivity contribution < 1.29 is 0 Å². The van der Waals surface area contributed by atoms with Crippen molar-refractivity contribution in [3.8, 4) is 0 Å². The number of aryl methyl sites for hydroxylation is 2. The van der Waals surface area contributed by atoms with E-state index in [0.29, 0.717) is 6.04 Å². The molecule has 0 spiro atoms. The van der Waals surface area contributed by atoms with Gasteiger partial charge in [-0.2, -0.15) is 5.10 Å². The van der Waals surface area contributed by atoms with Gasteiger partial charge >= 0.3 is 0 Å². The topological polar surface area (TPSA) is 33.1 Å². The zero-order valence-electron chi connectivity index (χ0n) is 12.8. The van der Waals surface area contributed by atoms with Crippen LogP contribution in [-0.2, 0) is 19.5 Å². The summed E-state index contributed by atoms with van der Waals surface area (Å²) in [5.41, 5.74) is 2.41. The van der Waals surface area contributed by atoms with Crippen LogP contribution in [-0.4, -0.2) is 40.9 Å². The molecule has 0 aromatic carbocycles. The Bertz CT molecular complexity index is 387. The molecule has 0 bridgehead atoms. The second-order valence-corrected chi connectivity index (χ2v) is 5.92. The fraction of sp³-hybridized carbons (Fsp3) is 0.786. The lowest BCUT2D eigenvalue weighted by Gasteiger charge is -2.21. The highest BCUT2D eigenvalue weighted by molar-refractivity contribution is 9.10. The van der Waals surface area contributed by atoms with Gasteiger partial charge in [-0.15, -0.1) is 0 Å². The first-order valence-corrected chi connectivity index (χ1v) is 7.95. The molecule has 5 heteroatoms. The van der Waals surface area contributed by atoms with Crippen LogP contribution < -0.4 is 5.32 Å². The van der Waals surface area contributed by atoms with E-state index in [1.165, 1.54) is 10.2 Å². The first-order valence-electron chi connectivity index (χ1n) is 7.16. The standard InChI is InChI=1S/C14H27BrN4/c1-6-12-14(15)13(19(7-2)17-12)10-16-8-9-18(5)11(3)4/h11,16H,6-10H2,1-5H3. The number of nitrogens with zero attached hydrogens (tertiary/aromatic N) is 3. The highest BCUT2D eigenvalue weighted by atomic mass is 79.9. The molecule has 1 aromatic rings. The summed E-state index contributed by atoms with van der Waals surface area (Å²) < 4.78 is 3.25. The molecule has 19 heavy (non-hydrogen) atoms. The van der Waals surface area contributed by atoms with Gasteiger partial charge in [-0.25, -0.2) is 0 Å². The van der Waals surface area contributed by atoms with Crippen molar-refractivity contribution in [2.45, 2.75) is 53.2 Å². The maximum absolute atomic E-state index is 4.61. The summed E-state index contributed by atoms with van der Waals surface area (Å²) in [7, 11) is 2.16. The molecule has 0 aliphatic carbocycles. The summed E-state index contributed by atoms with van der Waals surface area (Å²) in [4.78, 5) is 2.34. The quantitative estimate of drug-likeness (QED) is 0.744. The molecule has 110 valence electrons. The second-order valence-electron chi connectivity index (χ2n) is 5.13. The maximum atomic E-state index is 4.61. The van der Waals surface area contributed by atoms with Crippen LogP contribution in [0.15, 0.2) is 4.47 Å². The Morgan fingerprint density at radius 2 is 2.05 bits per heavy atom. The monoisotopic (exact) mass is 330 g/mol. The summed E-state index contributed by atoms with van der Waals surface area (Å²) in [6, 6.07) is 0.599. The Morgan fingerprint density at radius 1 is 1.37 bits per heavy atom. The molecule has 1 aromatic heterocycles. The molecule has 0 atom stereocenters. The van der Waals surface area contributed by atoms with Crippen LogP contribution in [0, 0.1) is 0 Å². The molecule has 1 heterocycles. The molecular formula is C14H27BrN4. The van der Waals surface area contributed by atoms with Crippen LogP contribution in [0.25, 0.3) is 0 Å². The van der Waals surface area contributed by atoms with Gasteiger partial charge < -0.3 is 10.2 Å². The molecular weight excluding hydrogens is 304 g/mol. The highest BCUT2D eigenvalue weighted by Gasteiger charge is 2.13. The van der Waals surface area contributed by atoms with Crippen LogP contribution in [0.2, 0.25) is 0 Å². The first kappa shape index (κ1) is 16.7. The van der Waals surface area contributed by atoms with E-state index in [0.717, 1.165) is 38.3 Å². The van der Waals surface area contributed by atoms with Crippen molar-refractivity contribution in [3.63, 3.8) is 0 Å². The van der Waals surface area contributed by atoms with Crippen LogP contribution >= 0.6 is 15.9 Å². The maximum Gasteiger partial charge on any atom is 0.0767 e. The Kier molecular flexibility index (Phi) is 7.04. The Balaban J connectivity index is 2.51. The summed E-state index contributed by atoms with van der Waals surface area (Å²) in [5, 5.41) is 8.12. The smallest absolute Gasteiger partial charge is 0.0767 e. The lowest BCUT2D eigenvalue weighted by atomic mass is 10.3. The van der Waals surface area contributed by atoms with Crippen molar-refractivity contribution in [1.82, 2.24) is 20.0 Å². The third-order valence-electron chi connectivity index (χ3n) is 3.51. The van der Waals surface area contributed by atoms with Crippen molar-refractivity contribution in [2.75, 3.05) is 20.1 Å². The third-order valence-corrected chi connectivity index (χ3v) is 4.42. The number of halogens is 1. The average Bonchev–Trinajstić information content (AvgIpc) is 2.70. The lowest BCUT2D eigenvalue weighted by Crippen LogP contribution is -2.33. The minimum atomic E-state index is 0.599. The summed E-state index contributed by atoms with van der Waals surface area (Å²) >= 11 is 3.67. The van der Waals surface area contributed by atoms with Crippen molar-refractivity contribution in [3.05, 3.63) is 15.9 Å². The molecule has 0 saturated carbocycles. The van der Waals surface area contributed by atoms with Gasteiger partial charge in [0.25, 0.3) is 0 Å². The van der Waals surface area contributed by atoms with Gasteiger partial charge in [0.2, 0.25) is 0 Å². The lowest BCUT2D eigenvalue weighted by molar-refractivity contribution is 0.273. The number of rotatable bonds is 8. The van der Waals surface area contributed by atoms with Crippen LogP contribution in [0.4, 0.5) is 0 Å². The van der Waals surface area contributed by atoms with Crippen LogP contribution in [0.1, 0.15) is 39.1 Å². The molecule has 0 fully saturated rings. The molecule has 4 nitrogen and oxygen atoms in total. The van der Waals surface area contributed by atoms with E-state index < -0.39 is 0 Å². The SMILES string of the molecule is CCc1nn(CC)c(CNCCN(C)C(C)C)c1Br. The minimum Gasteiger partial charge on any atom is -0.310 e. The molecule has 0 aliphatic rings. The van der Waals surface area contributed by atoms with E-state index in [4.69, 9.17) is 0 Å². The molecule has 1 N–H and O–H groups in total. The highest BCUT2D eigenvalue weighted by Crippen LogP contribution is 2.22. The Hall–Kier alpha value is -0.390. The predicted molar refractivity (Wildman–Crippen MR) is 84.5 cm³/mol. The Morgan fingerprint density at radius 3 is 2.58 bits per heavy atom. The van der Waals surface area contributed by atoms with E-state index >= 15 is 0 Å². The van der Waals surface area contributed by atoms with E-state index in [1.54, 1.807) is 0 Å². The van der Waals surface area contributed by atoms with Gasteiger partial charge in [0.05, 0.1) is 15.9 Å². The van der Waals surface area contributed by atoms with Gasteiger partial charge in [0.1, 0.15) is 0 Å². The molecule has 0 unspecified atom stereocenters. The van der Waals surface area contributed by atoms with Crippen LogP contribution in [0.3, 0.4) is 0 Å². The zero-order chi connectivity index (χ0) is 14.4. The van der Waals surface area contributed by atoms with E-state index in [-0.39, 0.29) is 0 Å². The van der Waals surface area contributed by atoms with Gasteiger partial charge in [0, 0.05) is 32.2 Å². The minimum absolute atomic E-state index is 0.599. The normalized spacial score (nSPS) is 11.8. The van der Waals surface area contributed by atoms with E-state index in [1.807, 2.05) is 0 Å². The number of hydrogen-bond acceptors (Lipinski definition) is 3. The third kappa shape index (κ3) is 4.58. The van der Waals surface area contributed by atoms with Gasteiger partial charge in [-0.05, 0) is 50.2 Å². The second kappa shape index (κ2) is 8.02. The molecule has 0 saturated heterocycles. The largest absolute Gasteiger partial charge is 0.310 e. The fourth-order valence-electron chi connectivity index (χ4n) is 1.91. The van der Waals surface area contributed by atoms with E-state index in [9.17, 15) is 0 Å². The van der Waals surface area contributed by atoms with Crippen LogP contribution in [0.5, 0.6) is 0 Å². The first-order chi connectivity index (χ1) is 9.01. The summed E-state index contributed by atoms with van der Waals surface area (Å²) in [6.45, 7) is 12.6. The predicted octanol–water partition coefficient (Wildman–Crippen LogP) is 2.66. The van der Waals surface area contributed by atoms with Crippen molar-refractivity contribution >= 4 is 15.9 Å². The van der Waals surface area contributed by atoms with E-state index in [2.05, 4.69) is 70.7 Å². The summed E-state index contributed by atoms with van der Waals surface area (Å²) in [5.74, 6) is 0. The van der Waals surface area contributed by atoms with Gasteiger partial charge in [-0.3, -0.25) is 4.68 Å². The van der Waals surface area contributed by atoms with Crippen molar-refractivity contribution in [2.24, 2.45) is 0 Å². The molecule has 0 aliphatic heterocycles.